The standard InChI is InChI=1S/C17H23N3S/c1-3-18-17(20-13-16-10-9-14(2)21-16)19-12-11-15-7-5-4-6-8-15/h4-10H,3,11-13H2,1-2H3,(H2,18,19,20). The number of nitrogens with zero attached hydrogens (tertiary/aromatic N) is 1. The van der Waals surface area contributed by atoms with Gasteiger partial charge in [0.1, 0.15) is 0 Å². The van der Waals surface area contributed by atoms with Gasteiger partial charge in [-0.05, 0) is 38.0 Å². The van der Waals surface area contributed by atoms with Crippen molar-refractivity contribution >= 4 is 17.3 Å². The minimum atomic E-state index is 0.735. The van der Waals surface area contributed by atoms with Gasteiger partial charge in [0, 0.05) is 22.8 Å². The molecule has 0 spiro atoms. The lowest BCUT2D eigenvalue weighted by molar-refractivity contribution is 0.801. The molecule has 0 aliphatic rings. The Morgan fingerprint density at radius 1 is 1.10 bits per heavy atom. The van der Waals surface area contributed by atoms with Crippen molar-refractivity contribution in [1.82, 2.24) is 10.6 Å². The van der Waals surface area contributed by atoms with Crippen LogP contribution in [0.1, 0.15) is 22.2 Å². The van der Waals surface area contributed by atoms with Crippen molar-refractivity contribution in [1.29, 1.82) is 0 Å². The number of thiophene rings is 1. The predicted octanol–water partition coefficient (Wildman–Crippen LogP) is 3.35. The highest BCUT2D eigenvalue weighted by atomic mass is 32.1. The molecule has 3 nitrogen and oxygen atoms in total. The Labute approximate surface area is 131 Å². The van der Waals surface area contributed by atoms with Crippen LogP contribution >= 0.6 is 11.3 Å². The predicted molar refractivity (Wildman–Crippen MR) is 92.0 cm³/mol. The largest absolute Gasteiger partial charge is 0.357 e. The van der Waals surface area contributed by atoms with Gasteiger partial charge in [-0.1, -0.05) is 30.3 Å². The molecular formula is C17H23N3S. The molecule has 0 amide bonds. The molecule has 0 unspecified atom stereocenters. The lowest BCUT2D eigenvalue weighted by Gasteiger charge is -2.11. The van der Waals surface area contributed by atoms with Crippen LogP contribution in [0.3, 0.4) is 0 Å². The number of aryl methyl sites for hydroxylation is 1. The van der Waals surface area contributed by atoms with Gasteiger partial charge in [0.15, 0.2) is 5.96 Å². The molecule has 0 bridgehead atoms. The van der Waals surface area contributed by atoms with E-state index in [2.05, 4.69) is 65.9 Å². The van der Waals surface area contributed by atoms with Crippen LogP contribution in [0, 0.1) is 6.92 Å². The monoisotopic (exact) mass is 301 g/mol. The number of rotatable bonds is 6. The van der Waals surface area contributed by atoms with Crippen molar-refractivity contribution < 1.29 is 0 Å². The molecule has 0 radical (unpaired) electrons. The summed E-state index contributed by atoms with van der Waals surface area (Å²) in [7, 11) is 0. The van der Waals surface area contributed by atoms with Gasteiger partial charge >= 0.3 is 0 Å². The summed E-state index contributed by atoms with van der Waals surface area (Å²) in [6.45, 7) is 6.71. The first-order valence-corrected chi connectivity index (χ1v) is 8.21. The van der Waals surface area contributed by atoms with Crippen LogP contribution in [0.4, 0.5) is 0 Å². The average molecular weight is 301 g/mol. The molecule has 0 aliphatic carbocycles. The van der Waals surface area contributed by atoms with Crippen molar-refractivity contribution in [2.75, 3.05) is 13.1 Å². The maximum absolute atomic E-state index is 4.63. The normalized spacial score (nSPS) is 11.4. The van der Waals surface area contributed by atoms with E-state index in [0.29, 0.717) is 0 Å². The number of hydrogen-bond donors (Lipinski definition) is 2. The third-order valence-corrected chi connectivity index (χ3v) is 4.07. The molecule has 4 heteroatoms. The van der Waals surface area contributed by atoms with Gasteiger partial charge < -0.3 is 10.6 Å². The van der Waals surface area contributed by atoms with E-state index in [1.54, 1.807) is 11.3 Å². The maximum Gasteiger partial charge on any atom is 0.191 e. The zero-order valence-electron chi connectivity index (χ0n) is 12.7. The number of hydrogen-bond acceptors (Lipinski definition) is 2. The molecule has 21 heavy (non-hydrogen) atoms. The Kier molecular flexibility index (Phi) is 6.28. The van der Waals surface area contributed by atoms with E-state index in [9.17, 15) is 0 Å². The second kappa shape index (κ2) is 8.47. The van der Waals surface area contributed by atoms with Crippen molar-refractivity contribution in [2.45, 2.75) is 26.8 Å². The van der Waals surface area contributed by atoms with Crippen molar-refractivity contribution in [3.8, 4) is 0 Å². The summed E-state index contributed by atoms with van der Waals surface area (Å²) in [5, 5.41) is 6.68. The zero-order chi connectivity index (χ0) is 14.9. The van der Waals surface area contributed by atoms with Crippen LogP contribution in [0.25, 0.3) is 0 Å². The Bertz CT molecular complexity index is 560. The summed E-state index contributed by atoms with van der Waals surface area (Å²) < 4.78 is 0. The van der Waals surface area contributed by atoms with E-state index in [1.165, 1.54) is 15.3 Å². The minimum Gasteiger partial charge on any atom is -0.357 e. The van der Waals surface area contributed by atoms with Crippen LogP contribution in [0.2, 0.25) is 0 Å². The van der Waals surface area contributed by atoms with Gasteiger partial charge in [-0.25, -0.2) is 4.99 Å². The third kappa shape index (κ3) is 5.60. The van der Waals surface area contributed by atoms with Gasteiger partial charge in [-0.2, -0.15) is 0 Å². The van der Waals surface area contributed by atoms with E-state index >= 15 is 0 Å². The van der Waals surface area contributed by atoms with E-state index in [4.69, 9.17) is 0 Å². The minimum absolute atomic E-state index is 0.735. The van der Waals surface area contributed by atoms with Crippen molar-refractivity contribution in [3.63, 3.8) is 0 Å². The SMILES string of the molecule is CCNC(=NCc1ccc(C)s1)NCCc1ccccc1. The number of aliphatic imine (C=N–C) groups is 1. The molecule has 2 rings (SSSR count). The summed E-state index contributed by atoms with van der Waals surface area (Å²) in [6, 6.07) is 14.8. The number of benzene rings is 1. The molecule has 1 aromatic heterocycles. The van der Waals surface area contributed by atoms with Crippen LogP contribution in [-0.4, -0.2) is 19.0 Å². The van der Waals surface area contributed by atoms with Gasteiger partial charge in [0.25, 0.3) is 0 Å². The quantitative estimate of drug-likeness (QED) is 0.634. The van der Waals surface area contributed by atoms with Crippen molar-refractivity contribution in [2.24, 2.45) is 4.99 Å². The van der Waals surface area contributed by atoms with Crippen LogP contribution in [0.5, 0.6) is 0 Å². The van der Waals surface area contributed by atoms with Gasteiger partial charge in [-0.15, -0.1) is 11.3 Å². The Morgan fingerprint density at radius 2 is 1.90 bits per heavy atom. The Balaban J connectivity index is 1.83. The lowest BCUT2D eigenvalue weighted by Crippen LogP contribution is -2.38. The average Bonchev–Trinajstić information content (AvgIpc) is 2.91. The summed E-state index contributed by atoms with van der Waals surface area (Å²) in [6.07, 6.45) is 1.00. The van der Waals surface area contributed by atoms with Crippen LogP contribution < -0.4 is 10.6 Å². The van der Waals surface area contributed by atoms with Crippen molar-refractivity contribution in [3.05, 3.63) is 57.8 Å². The number of guanidine groups is 1. The summed E-state index contributed by atoms with van der Waals surface area (Å²) in [5.41, 5.74) is 1.34. The highest BCUT2D eigenvalue weighted by molar-refractivity contribution is 7.11. The fourth-order valence-electron chi connectivity index (χ4n) is 2.04. The fourth-order valence-corrected chi connectivity index (χ4v) is 2.85. The van der Waals surface area contributed by atoms with Gasteiger partial charge in [-0.3, -0.25) is 0 Å². The highest BCUT2D eigenvalue weighted by Gasteiger charge is 1.99. The molecule has 1 aromatic carbocycles. The third-order valence-electron chi connectivity index (χ3n) is 3.08. The molecule has 0 aliphatic heterocycles. The van der Waals surface area contributed by atoms with E-state index in [-0.39, 0.29) is 0 Å². The van der Waals surface area contributed by atoms with E-state index in [0.717, 1.165) is 32.0 Å². The zero-order valence-corrected chi connectivity index (χ0v) is 13.5. The molecule has 0 saturated carbocycles. The number of nitrogens with one attached hydrogen (secondary N) is 2. The van der Waals surface area contributed by atoms with E-state index < -0.39 is 0 Å². The topological polar surface area (TPSA) is 36.4 Å². The molecule has 2 N–H and O–H groups in total. The molecule has 112 valence electrons. The smallest absolute Gasteiger partial charge is 0.191 e. The molecule has 1 heterocycles. The summed E-state index contributed by atoms with van der Waals surface area (Å²) in [5.74, 6) is 0.888. The first kappa shape index (κ1) is 15.6. The Morgan fingerprint density at radius 3 is 2.57 bits per heavy atom. The van der Waals surface area contributed by atoms with Crippen LogP contribution in [0.15, 0.2) is 47.5 Å². The van der Waals surface area contributed by atoms with Gasteiger partial charge in [0.2, 0.25) is 0 Å². The summed E-state index contributed by atoms with van der Waals surface area (Å²) in [4.78, 5) is 7.27. The molecule has 2 aromatic rings. The van der Waals surface area contributed by atoms with Gasteiger partial charge in [0.05, 0.1) is 6.54 Å². The first-order valence-electron chi connectivity index (χ1n) is 7.39. The highest BCUT2D eigenvalue weighted by Crippen LogP contribution is 2.15. The van der Waals surface area contributed by atoms with E-state index in [1.807, 2.05) is 6.07 Å². The Hall–Kier alpha value is -1.81. The molecule has 0 atom stereocenters. The second-order valence-corrected chi connectivity index (χ2v) is 6.24. The lowest BCUT2D eigenvalue weighted by atomic mass is 10.1. The molecular weight excluding hydrogens is 278 g/mol. The molecule has 0 fully saturated rings. The fraction of sp³-hybridized carbons (Fsp3) is 0.353. The second-order valence-electron chi connectivity index (χ2n) is 4.87. The maximum atomic E-state index is 4.63. The molecule has 0 saturated heterocycles. The first-order chi connectivity index (χ1) is 10.3. The summed E-state index contributed by atoms with van der Waals surface area (Å²) >= 11 is 1.81. The van der Waals surface area contributed by atoms with Crippen LogP contribution in [-0.2, 0) is 13.0 Å².